The maximum absolute atomic E-state index is 12.0. The van der Waals surface area contributed by atoms with E-state index in [1.807, 2.05) is 24.0 Å². The summed E-state index contributed by atoms with van der Waals surface area (Å²) in [6.07, 6.45) is 2.66. The highest BCUT2D eigenvalue weighted by Gasteiger charge is 2.22. The molecule has 1 saturated heterocycles. The van der Waals surface area contributed by atoms with E-state index in [0.717, 1.165) is 44.9 Å². The molecule has 0 saturated carbocycles. The van der Waals surface area contributed by atoms with Crippen molar-refractivity contribution in [2.75, 3.05) is 26.2 Å². The minimum Gasteiger partial charge on any atom is -0.468 e. The fraction of sp³-hybridized carbons (Fsp3) is 0.643. The number of furan rings is 1. The number of rotatable bonds is 4. The van der Waals surface area contributed by atoms with Crippen molar-refractivity contribution < 1.29 is 9.21 Å². The molecule has 1 unspecified atom stereocenters. The average Bonchev–Trinajstić information content (AvgIpc) is 2.92. The van der Waals surface area contributed by atoms with Crippen molar-refractivity contribution in [3.8, 4) is 0 Å². The predicted molar refractivity (Wildman–Crippen MR) is 73.8 cm³/mol. The maximum atomic E-state index is 12.0. The molecule has 5 heteroatoms. The molecule has 1 aliphatic rings. The Morgan fingerprint density at radius 1 is 1.42 bits per heavy atom. The van der Waals surface area contributed by atoms with E-state index in [1.165, 1.54) is 0 Å². The van der Waals surface area contributed by atoms with Gasteiger partial charge in [0, 0.05) is 32.2 Å². The summed E-state index contributed by atoms with van der Waals surface area (Å²) in [6, 6.07) is 4.20. The average molecular weight is 265 g/mol. The van der Waals surface area contributed by atoms with Crippen LogP contribution in [0.3, 0.4) is 0 Å². The number of amides is 2. The first-order valence-corrected chi connectivity index (χ1v) is 6.99. The van der Waals surface area contributed by atoms with Crippen molar-refractivity contribution in [3.05, 3.63) is 24.2 Å². The molecule has 1 fully saturated rings. The van der Waals surface area contributed by atoms with Crippen molar-refractivity contribution in [3.63, 3.8) is 0 Å². The van der Waals surface area contributed by atoms with Crippen LogP contribution < -0.4 is 5.32 Å². The second-order valence-electron chi connectivity index (χ2n) is 5.10. The summed E-state index contributed by atoms with van der Waals surface area (Å²) >= 11 is 0. The van der Waals surface area contributed by atoms with Crippen LogP contribution in [0.25, 0.3) is 0 Å². The van der Waals surface area contributed by atoms with Gasteiger partial charge in [-0.2, -0.15) is 0 Å². The summed E-state index contributed by atoms with van der Waals surface area (Å²) in [5.74, 6) is 0.984. The highest BCUT2D eigenvalue weighted by Crippen LogP contribution is 2.09. The Hall–Kier alpha value is -1.49. The lowest BCUT2D eigenvalue weighted by atomic mass is 10.2. The first kappa shape index (κ1) is 13.9. The van der Waals surface area contributed by atoms with E-state index in [2.05, 4.69) is 17.1 Å². The van der Waals surface area contributed by atoms with Gasteiger partial charge in [-0.25, -0.2) is 4.79 Å². The van der Waals surface area contributed by atoms with Gasteiger partial charge in [0.2, 0.25) is 0 Å². The molecule has 1 aliphatic heterocycles. The van der Waals surface area contributed by atoms with Gasteiger partial charge in [0.1, 0.15) is 5.76 Å². The Labute approximate surface area is 114 Å². The normalized spacial score (nSPS) is 18.3. The molecule has 0 aliphatic carbocycles. The van der Waals surface area contributed by atoms with Gasteiger partial charge in [-0.1, -0.05) is 6.92 Å². The SMILES string of the molecule is CCC(C)NC(=O)N1CCN(Cc2ccco2)CC1. The molecule has 19 heavy (non-hydrogen) atoms. The smallest absolute Gasteiger partial charge is 0.317 e. The zero-order chi connectivity index (χ0) is 13.7. The van der Waals surface area contributed by atoms with E-state index in [9.17, 15) is 4.79 Å². The molecule has 2 rings (SSSR count). The first-order chi connectivity index (χ1) is 9.19. The molecule has 5 nitrogen and oxygen atoms in total. The summed E-state index contributed by atoms with van der Waals surface area (Å²) in [6.45, 7) is 8.29. The Kier molecular flexibility index (Phi) is 4.85. The Bertz CT molecular complexity index is 383. The third-order valence-corrected chi connectivity index (χ3v) is 3.60. The molecule has 1 aromatic rings. The Balaban J connectivity index is 1.74. The highest BCUT2D eigenvalue weighted by atomic mass is 16.3. The second-order valence-corrected chi connectivity index (χ2v) is 5.10. The predicted octanol–water partition coefficient (Wildman–Crippen LogP) is 1.91. The lowest BCUT2D eigenvalue weighted by Gasteiger charge is -2.34. The number of urea groups is 1. The van der Waals surface area contributed by atoms with Crippen molar-refractivity contribution in [1.29, 1.82) is 0 Å². The van der Waals surface area contributed by atoms with Crippen LogP contribution in [-0.2, 0) is 6.54 Å². The fourth-order valence-electron chi connectivity index (χ4n) is 2.14. The minimum absolute atomic E-state index is 0.0620. The lowest BCUT2D eigenvalue weighted by Crippen LogP contribution is -2.52. The third-order valence-electron chi connectivity index (χ3n) is 3.60. The standard InChI is InChI=1S/C14H23N3O2/c1-3-12(2)15-14(18)17-8-6-16(7-9-17)11-13-5-4-10-19-13/h4-5,10,12H,3,6-9,11H2,1-2H3,(H,15,18). The molecular formula is C14H23N3O2. The summed E-state index contributed by atoms with van der Waals surface area (Å²) in [7, 11) is 0. The number of carbonyl (C=O) groups is 1. The largest absolute Gasteiger partial charge is 0.468 e. The number of nitrogens with one attached hydrogen (secondary N) is 1. The maximum Gasteiger partial charge on any atom is 0.317 e. The number of nitrogens with zero attached hydrogens (tertiary/aromatic N) is 2. The van der Waals surface area contributed by atoms with Gasteiger partial charge in [0.15, 0.2) is 0 Å². The van der Waals surface area contributed by atoms with E-state index >= 15 is 0 Å². The molecular weight excluding hydrogens is 242 g/mol. The van der Waals surface area contributed by atoms with Gasteiger partial charge in [-0.05, 0) is 25.5 Å². The summed E-state index contributed by atoms with van der Waals surface area (Å²) in [4.78, 5) is 16.2. The van der Waals surface area contributed by atoms with Crippen LogP contribution in [0.4, 0.5) is 4.79 Å². The van der Waals surface area contributed by atoms with Gasteiger partial charge < -0.3 is 14.6 Å². The molecule has 1 N–H and O–H groups in total. The molecule has 1 aromatic heterocycles. The minimum atomic E-state index is 0.0620. The van der Waals surface area contributed by atoms with Gasteiger partial charge in [0.05, 0.1) is 12.8 Å². The van der Waals surface area contributed by atoms with E-state index in [1.54, 1.807) is 6.26 Å². The van der Waals surface area contributed by atoms with Crippen molar-refractivity contribution in [1.82, 2.24) is 15.1 Å². The van der Waals surface area contributed by atoms with E-state index in [-0.39, 0.29) is 12.1 Å². The summed E-state index contributed by atoms with van der Waals surface area (Å²) in [5.41, 5.74) is 0. The Morgan fingerprint density at radius 3 is 2.74 bits per heavy atom. The van der Waals surface area contributed by atoms with Crippen molar-refractivity contribution >= 4 is 6.03 Å². The molecule has 0 bridgehead atoms. The van der Waals surface area contributed by atoms with E-state index in [4.69, 9.17) is 4.42 Å². The third kappa shape index (κ3) is 3.99. The monoisotopic (exact) mass is 265 g/mol. The topological polar surface area (TPSA) is 48.7 Å². The summed E-state index contributed by atoms with van der Waals surface area (Å²) in [5, 5.41) is 3.01. The fourth-order valence-corrected chi connectivity index (χ4v) is 2.14. The number of carbonyl (C=O) groups excluding carboxylic acids is 1. The lowest BCUT2D eigenvalue weighted by molar-refractivity contribution is 0.128. The molecule has 0 radical (unpaired) electrons. The molecule has 2 amide bonds. The van der Waals surface area contributed by atoms with Crippen LogP contribution >= 0.6 is 0 Å². The molecule has 2 heterocycles. The van der Waals surface area contributed by atoms with Crippen molar-refractivity contribution in [2.45, 2.75) is 32.9 Å². The van der Waals surface area contributed by atoms with Gasteiger partial charge in [-0.15, -0.1) is 0 Å². The number of hydrogen-bond acceptors (Lipinski definition) is 3. The zero-order valence-electron chi connectivity index (χ0n) is 11.8. The zero-order valence-corrected chi connectivity index (χ0v) is 11.8. The second kappa shape index (κ2) is 6.61. The van der Waals surface area contributed by atoms with E-state index in [0.29, 0.717) is 0 Å². The molecule has 106 valence electrons. The van der Waals surface area contributed by atoms with Crippen LogP contribution in [0.2, 0.25) is 0 Å². The van der Waals surface area contributed by atoms with Gasteiger partial charge in [-0.3, -0.25) is 4.90 Å². The van der Waals surface area contributed by atoms with Crippen LogP contribution in [0.1, 0.15) is 26.0 Å². The first-order valence-electron chi connectivity index (χ1n) is 6.99. The molecule has 1 atom stereocenters. The highest BCUT2D eigenvalue weighted by molar-refractivity contribution is 5.74. The summed E-state index contributed by atoms with van der Waals surface area (Å²) < 4.78 is 5.34. The van der Waals surface area contributed by atoms with Crippen molar-refractivity contribution in [2.24, 2.45) is 0 Å². The molecule has 0 spiro atoms. The van der Waals surface area contributed by atoms with E-state index < -0.39 is 0 Å². The van der Waals surface area contributed by atoms with Crippen LogP contribution in [-0.4, -0.2) is 48.1 Å². The van der Waals surface area contributed by atoms with Crippen LogP contribution in [0, 0.1) is 0 Å². The van der Waals surface area contributed by atoms with Gasteiger partial charge in [0.25, 0.3) is 0 Å². The number of hydrogen-bond donors (Lipinski definition) is 1. The van der Waals surface area contributed by atoms with Crippen LogP contribution in [0.5, 0.6) is 0 Å². The molecule has 0 aromatic carbocycles. The van der Waals surface area contributed by atoms with Gasteiger partial charge >= 0.3 is 6.03 Å². The Morgan fingerprint density at radius 2 is 2.16 bits per heavy atom. The van der Waals surface area contributed by atoms with Crippen LogP contribution in [0.15, 0.2) is 22.8 Å². The quantitative estimate of drug-likeness (QED) is 0.904. The number of piperazine rings is 1.